The van der Waals surface area contributed by atoms with E-state index in [0.29, 0.717) is 0 Å². The smallest absolute Gasteiger partial charge is 0.0634 e. The molecule has 1 aliphatic carbocycles. The van der Waals surface area contributed by atoms with Crippen LogP contribution >= 0.6 is 0 Å². The molecule has 96 valence electrons. The van der Waals surface area contributed by atoms with Crippen molar-refractivity contribution in [2.24, 2.45) is 0 Å². The van der Waals surface area contributed by atoms with Crippen LogP contribution in [-0.2, 0) is 4.74 Å². The van der Waals surface area contributed by atoms with Crippen LogP contribution in [0.2, 0.25) is 0 Å². The fourth-order valence-electron chi connectivity index (χ4n) is 1.88. The molecule has 3 heteroatoms. The van der Waals surface area contributed by atoms with Crippen molar-refractivity contribution in [2.45, 2.75) is 51.7 Å². The molecular weight excluding hydrogens is 200 g/mol. The van der Waals surface area contributed by atoms with Gasteiger partial charge in [0.1, 0.15) is 0 Å². The number of ether oxygens (including phenoxy) is 1. The largest absolute Gasteiger partial charge is 0.379 e. The van der Waals surface area contributed by atoms with E-state index in [2.05, 4.69) is 31.0 Å². The van der Waals surface area contributed by atoms with Gasteiger partial charge in [-0.3, -0.25) is 4.90 Å². The summed E-state index contributed by atoms with van der Waals surface area (Å²) < 4.78 is 5.38. The number of likely N-dealkylation sites (N-methyl/N-ethyl adjacent to an activating group) is 1. The Morgan fingerprint density at radius 3 is 2.50 bits per heavy atom. The monoisotopic (exact) mass is 228 g/mol. The lowest BCUT2D eigenvalue weighted by molar-refractivity contribution is 0.0158. The molecule has 0 aromatic carbocycles. The minimum Gasteiger partial charge on any atom is -0.379 e. The van der Waals surface area contributed by atoms with E-state index in [0.717, 1.165) is 25.6 Å². The summed E-state index contributed by atoms with van der Waals surface area (Å²) >= 11 is 0. The van der Waals surface area contributed by atoms with Gasteiger partial charge in [0.2, 0.25) is 0 Å². The van der Waals surface area contributed by atoms with Crippen LogP contribution in [0.1, 0.15) is 40.0 Å². The predicted octanol–water partition coefficient (Wildman–Crippen LogP) is 1.88. The predicted molar refractivity (Wildman–Crippen MR) is 68.8 cm³/mol. The van der Waals surface area contributed by atoms with Crippen LogP contribution in [0.4, 0.5) is 0 Å². The lowest BCUT2D eigenvalue weighted by Crippen LogP contribution is -2.35. The molecule has 0 radical (unpaired) electrons. The van der Waals surface area contributed by atoms with E-state index in [1.807, 2.05) is 0 Å². The first-order chi connectivity index (χ1) is 7.59. The van der Waals surface area contributed by atoms with Crippen LogP contribution in [0.3, 0.4) is 0 Å². The molecule has 0 saturated heterocycles. The first-order valence-electron chi connectivity index (χ1n) is 6.59. The quantitative estimate of drug-likeness (QED) is 0.610. The molecule has 0 aromatic heterocycles. The van der Waals surface area contributed by atoms with E-state index in [-0.39, 0.29) is 5.60 Å². The summed E-state index contributed by atoms with van der Waals surface area (Å²) in [4.78, 5) is 2.58. The van der Waals surface area contributed by atoms with Crippen molar-refractivity contribution in [3.63, 3.8) is 0 Å². The molecule has 0 bridgehead atoms. The van der Waals surface area contributed by atoms with E-state index in [4.69, 9.17) is 4.74 Å². The van der Waals surface area contributed by atoms with E-state index in [1.54, 1.807) is 7.11 Å². The second-order valence-corrected chi connectivity index (χ2v) is 5.32. The Kier molecular flexibility index (Phi) is 5.73. The highest BCUT2D eigenvalue weighted by molar-refractivity contribution is 4.84. The van der Waals surface area contributed by atoms with E-state index < -0.39 is 0 Å². The number of methoxy groups -OCH3 is 1. The molecule has 0 aliphatic heterocycles. The third-order valence-electron chi connectivity index (χ3n) is 3.50. The number of nitrogens with zero attached hydrogens (tertiary/aromatic N) is 1. The summed E-state index contributed by atoms with van der Waals surface area (Å²) in [6, 6.07) is 0.891. The third-order valence-corrected chi connectivity index (χ3v) is 3.50. The molecular formula is C13H28N2O. The Morgan fingerprint density at radius 2 is 2.00 bits per heavy atom. The van der Waals surface area contributed by atoms with Gasteiger partial charge in [0.25, 0.3) is 0 Å². The summed E-state index contributed by atoms with van der Waals surface area (Å²) in [5, 5.41) is 3.50. The number of rotatable bonds is 9. The van der Waals surface area contributed by atoms with Crippen LogP contribution in [0.25, 0.3) is 0 Å². The Hall–Kier alpha value is -0.120. The topological polar surface area (TPSA) is 24.5 Å². The minimum absolute atomic E-state index is 0.00787. The Morgan fingerprint density at radius 1 is 1.31 bits per heavy atom. The summed E-state index contributed by atoms with van der Waals surface area (Å²) in [6.45, 7) is 11.1. The summed E-state index contributed by atoms with van der Waals surface area (Å²) in [6.07, 6.45) is 3.88. The Balaban J connectivity index is 1.98. The van der Waals surface area contributed by atoms with Gasteiger partial charge in [-0.05, 0) is 46.2 Å². The van der Waals surface area contributed by atoms with Crippen molar-refractivity contribution in [3.8, 4) is 0 Å². The van der Waals surface area contributed by atoms with Gasteiger partial charge in [-0.2, -0.15) is 0 Å². The molecule has 1 saturated carbocycles. The third kappa shape index (κ3) is 5.28. The van der Waals surface area contributed by atoms with Crippen LogP contribution in [0.5, 0.6) is 0 Å². The van der Waals surface area contributed by atoms with Gasteiger partial charge < -0.3 is 10.1 Å². The van der Waals surface area contributed by atoms with Gasteiger partial charge in [0.05, 0.1) is 5.60 Å². The van der Waals surface area contributed by atoms with Crippen molar-refractivity contribution < 1.29 is 4.74 Å². The van der Waals surface area contributed by atoms with Gasteiger partial charge in [0, 0.05) is 26.2 Å². The molecule has 1 fully saturated rings. The fourth-order valence-corrected chi connectivity index (χ4v) is 1.88. The molecule has 0 aromatic rings. The van der Waals surface area contributed by atoms with Crippen LogP contribution in [-0.4, -0.2) is 49.8 Å². The molecule has 1 aliphatic rings. The first kappa shape index (κ1) is 13.9. The maximum atomic E-state index is 5.38. The summed E-state index contributed by atoms with van der Waals surface area (Å²) in [5.74, 6) is 0. The zero-order valence-corrected chi connectivity index (χ0v) is 11.4. The van der Waals surface area contributed by atoms with Crippen molar-refractivity contribution >= 4 is 0 Å². The highest BCUT2D eigenvalue weighted by Crippen LogP contribution is 2.25. The molecule has 0 spiro atoms. The highest BCUT2D eigenvalue weighted by atomic mass is 16.5. The van der Waals surface area contributed by atoms with Crippen LogP contribution in [0, 0.1) is 0 Å². The SMILES string of the molecule is CCN(CCNCCC(C)(C)OC)C1CC1. The zero-order chi connectivity index (χ0) is 12.0. The second kappa shape index (κ2) is 6.58. The number of hydrogen-bond donors (Lipinski definition) is 1. The maximum Gasteiger partial charge on any atom is 0.0634 e. The van der Waals surface area contributed by atoms with Crippen molar-refractivity contribution in [3.05, 3.63) is 0 Å². The van der Waals surface area contributed by atoms with Crippen molar-refractivity contribution in [1.82, 2.24) is 10.2 Å². The average Bonchev–Trinajstić information content (AvgIpc) is 3.07. The van der Waals surface area contributed by atoms with Gasteiger partial charge in [-0.25, -0.2) is 0 Å². The number of hydrogen-bond acceptors (Lipinski definition) is 3. The lowest BCUT2D eigenvalue weighted by atomic mass is 10.1. The Bertz CT molecular complexity index is 190. The lowest BCUT2D eigenvalue weighted by Gasteiger charge is -2.24. The first-order valence-corrected chi connectivity index (χ1v) is 6.59. The summed E-state index contributed by atoms with van der Waals surface area (Å²) in [7, 11) is 1.78. The minimum atomic E-state index is 0.00787. The average molecular weight is 228 g/mol. The standard InChI is InChI=1S/C13H28N2O/c1-5-15(12-6-7-12)11-10-14-9-8-13(2,3)16-4/h12,14H,5-11H2,1-4H3. The maximum absolute atomic E-state index is 5.38. The van der Waals surface area contributed by atoms with Gasteiger partial charge in [-0.15, -0.1) is 0 Å². The van der Waals surface area contributed by atoms with Gasteiger partial charge in [-0.1, -0.05) is 6.92 Å². The number of nitrogens with one attached hydrogen (secondary N) is 1. The van der Waals surface area contributed by atoms with Crippen LogP contribution in [0.15, 0.2) is 0 Å². The second-order valence-electron chi connectivity index (χ2n) is 5.32. The van der Waals surface area contributed by atoms with Gasteiger partial charge >= 0.3 is 0 Å². The van der Waals surface area contributed by atoms with E-state index in [9.17, 15) is 0 Å². The van der Waals surface area contributed by atoms with Gasteiger partial charge in [0.15, 0.2) is 0 Å². The molecule has 3 nitrogen and oxygen atoms in total. The Labute approximate surface area is 101 Å². The van der Waals surface area contributed by atoms with Crippen molar-refractivity contribution in [1.29, 1.82) is 0 Å². The molecule has 0 heterocycles. The van der Waals surface area contributed by atoms with E-state index >= 15 is 0 Å². The van der Waals surface area contributed by atoms with Crippen molar-refractivity contribution in [2.75, 3.05) is 33.3 Å². The molecule has 1 rings (SSSR count). The summed E-state index contributed by atoms with van der Waals surface area (Å²) in [5.41, 5.74) is 0.00787. The van der Waals surface area contributed by atoms with E-state index in [1.165, 1.54) is 25.9 Å². The molecule has 0 unspecified atom stereocenters. The molecule has 1 N–H and O–H groups in total. The normalized spacial score (nSPS) is 17.1. The molecule has 16 heavy (non-hydrogen) atoms. The molecule has 0 atom stereocenters. The fraction of sp³-hybridized carbons (Fsp3) is 1.00. The zero-order valence-electron chi connectivity index (χ0n) is 11.4. The van der Waals surface area contributed by atoms with Crippen LogP contribution < -0.4 is 5.32 Å². The molecule has 0 amide bonds. The highest BCUT2D eigenvalue weighted by Gasteiger charge is 2.27.